The Hall–Kier alpha value is -2.62. The number of anilines is 3. The highest BCUT2D eigenvalue weighted by atomic mass is 16.1. The molecule has 2 aromatic rings. The van der Waals surface area contributed by atoms with Crippen molar-refractivity contribution in [1.82, 2.24) is 0 Å². The second-order valence-corrected chi connectivity index (χ2v) is 4.62. The number of hydrogen-bond donors (Lipinski definition) is 2. The van der Waals surface area contributed by atoms with Crippen LogP contribution in [-0.2, 0) is 0 Å². The van der Waals surface area contributed by atoms with Crippen molar-refractivity contribution in [3.63, 3.8) is 0 Å². The summed E-state index contributed by atoms with van der Waals surface area (Å²) in [6, 6.07) is 12.3. The number of hydrogen-bond acceptors (Lipinski definition) is 4. The number of carbonyl (C=O) groups is 2. The second kappa shape index (κ2) is 5.57. The molecule has 2 rings (SSSR count). The van der Waals surface area contributed by atoms with Gasteiger partial charge in [-0.25, -0.2) is 0 Å². The lowest BCUT2D eigenvalue weighted by atomic mass is 10.1. The Labute approximate surface area is 117 Å². The zero-order chi connectivity index (χ0) is 14.7. The third-order valence-electron chi connectivity index (χ3n) is 3.03. The first-order chi connectivity index (χ1) is 9.47. The number of nitrogen functional groups attached to an aromatic ring is 1. The maximum absolute atomic E-state index is 11.3. The predicted octanol–water partition coefficient (Wildman–Crippen LogP) is 3.42. The van der Waals surface area contributed by atoms with E-state index in [2.05, 4.69) is 5.32 Å². The van der Waals surface area contributed by atoms with E-state index in [1.165, 1.54) is 13.8 Å². The fraction of sp³-hybridized carbons (Fsp3) is 0.125. The summed E-state index contributed by atoms with van der Waals surface area (Å²) in [7, 11) is 0. The van der Waals surface area contributed by atoms with Crippen molar-refractivity contribution in [2.45, 2.75) is 13.8 Å². The van der Waals surface area contributed by atoms with Gasteiger partial charge in [0, 0.05) is 16.8 Å². The van der Waals surface area contributed by atoms with E-state index < -0.39 is 0 Å². The largest absolute Gasteiger partial charge is 0.397 e. The molecule has 4 heteroatoms. The molecule has 0 aliphatic heterocycles. The SMILES string of the molecule is CC(=O)c1ccc(Nc2ccc(C(C)=O)cc2N)cc1. The van der Waals surface area contributed by atoms with Crippen molar-refractivity contribution in [1.29, 1.82) is 0 Å². The third kappa shape index (κ3) is 3.03. The number of nitrogens with one attached hydrogen (secondary N) is 1. The fourth-order valence-electron chi connectivity index (χ4n) is 1.84. The Balaban J connectivity index is 2.21. The molecule has 0 aliphatic carbocycles. The van der Waals surface area contributed by atoms with Crippen molar-refractivity contribution in [2.24, 2.45) is 0 Å². The minimum atomic E-state index is -0.0194. The molecule has 20 heavy (non-hydrogen) atoms. The van der Waals surface area contributed by atoms with Crippen LogP contribution >= 0.6 is 0 Å². The Morgan fingerprint density at radius 3 is 1.95 bits per heavy atom. The van der Waals surface area contributed by atoms with E-state index in [0.717, 1.165) is 11.4 Å². The molecule has 0 spiro atoms. The lowest BCUT2D eigenvalue weighted by molar-refractivity contribution is 0.100. The summed E-state index contributed by atoms with van der Waals surface area (Å²) >= 11 is 0. The predicted molar refractivity (Wildman–Crippen MR) is 80.6 cm³/mol. The van der Waals surface area contributed by atoms with Gasteiger partial charge in [0.25, 0.3) is 0 Å². The first kappa shape index (κ1) is 13.8. The van der Waals surface area contributed by atoms with Gasteiger partial charge in [-0.3, -0.25) is 9.59 Å². The van der Waals surface area contributed by atoms with Crippen LogP contribution in [0.1, 0.15) is 34.6 Å². The Morgan fingerprint density at radius 2 is 1.45 bits per heavy atom. The van der Waals surface area contributed by atoms with Crippen molar-refractivity contribution in [3.8, 4) is 0 Å². The highest BCUT2D eigenvalue weighted by Crippen LogP contribution is 2.24. The van der Waals surface area contributed by atoms with Gasteiger partial charge in [-0.05, 0) is 56.3 Å². The first-order valence-corrected chi connectivity index (χ1v) is 6.26. The summed E-state index contributed by atoms with van der Waals surface area (Å²) in [5.41, 5.74) is 9.23. The lowest BCUT2D eigenvalue weighted by Crippen LogP contribution is -2.00. The molecule has 102 valence electrons. The fourth-order valence-corrected chi connectivity index (χ4v) is 1.84. The van der Waals surface area contributed by atoms with Gasteiger partial charge in [0.05, 0.1) is 11.4 Å². The minimum Gasteiger partial charge on any atom is -0.397 e. The summed E-state index contributed by atoms with van der Waals surface area (Å²) in [6.07, 6.45) is 0. The summed E-state index contributed by atoms with van der Waals surface area (Å²) in [5.74, 6) is 0.0101. The highest BCUT2D eigenvalue weighted by Gasteiger charge is 2.05. The van der Waals surface area contributed by atoms with Gasteiger partial charge < -0.3 is 11.1 Å². The molecule has 0 amide bonds. The summed E-state index contributed by atoms with van der Waals surface area (Å²) in [6.45, 7) is 3.03. The molecule has 0 atom stereocenters. The molecule has 0 bridgehead atoms. The van der Waals surface area contributed by atoms with E-state index in [-0.39, 0.29) is 11.6 Å². The van der Waals surface area contributed by atoms with E-state index in [1.54, 1.807) is 30.3 Å². The van der Waals surface area contributed by atoms with E-state index in [9.17, 15) is 9.59 Å². The zero-order valence-corrected chi connectivity index (χ0v) is 11.4. The summed E-state index contributed by atoms with van der Waals surface area (Å²) < 4.78 is 0. The molecule has 0 fully saturated rings. The zero-order valence-electron chi connectivity index (χ0n) is 11.4. The van der Waals surface area contributed by atoms with Gasteiger partial charge >= 0.3 is 0 Å². The average molecular weight is 268 g/mol. The Morgan fingerprint density at radius 1 is 0.900 bits per heavy atom. The topological polar surface area (TPSA) is 72.2 Å². The van der Waals surface area contributed by atoms with Crippen LogP contribution in [0.4, 0.5) is 17.1 Å². The van der Waals surface area contributed by atoms with E-state index in [1.807, 2.05) is 12.1 Å². The van der Waals surface area contributed by atoms with Crippen LogP contribution in [0.3, 0.4) is 0 Å². The van der Waals surface area contributed by atoms with Crippen LogP contribution in [-0.4, -0.2) is 11.6 Å². The standard InChI is InChI=1S/C16H16N2O2/c1-10(19)12-3-6-14(7-4-12)18-16-8-5-13(11(2)20)9-15(16)17/h3-9,18H,17H2,1-2H3. The normalized spacial score (nSPS) is 10.1. The molecular weight excluding hydrogens is 252 g/mol. The number of ketones is 2. The second-order valence-electron chi connectivity index (χ2n) is 4.62. The number of Topliss-reactive ketones (excluding diaryl/α,β-unsaturated/α-hetero) is 2. The van der Waals surface area contributed by atoms with Crippen LogP contribution in [0.25, 0.3) is 0 Å². The first-order valence-electron chi connectivity index (χ1n) is 6.26. The number of rotatable bonds is 4. The molecule has 4 nitrogen and oxygen atoms in total. The van der Waals surface area contributed by atoms with E-state index in [4.69, 9.17) is 5.73 Å². The molecule has 0 aromatic heterocycles. The molecule has 0 heterocycles. The van der Waals surface area contributed by atoms with Crippen LogP contribution in [0.15, 0.2) is 42.5 Å². The van der Waals surface area contributed by atoms with Crippen LogP contribution in [0, 0.1) is 0 Å². The van der Waals surface area contributed by atoms with Crippen molar-refractivity contribution in [3.05, 3.63) is 53.6 Å². The molecule has 0 aliphatic rings. The molecule has 0 radical (unpaired) electrons. The number of nitrogens with two attached hydrogens (primary N) is 1. The van der Waals surface area contributed by atoms with Gasteiger partial charge in [0.2, 0.25) is 0 Å². The maximum Gasteiger partial charge on any atom is 0.159 e. The quantitative estimate of drug-likeness (QED) is 0.658. The average Bonchev–Trinajstić information content (AvgIpc) is 2.41. The van der Waals surface area contributed by atoms with Crippen LogP contribution in [0.5, 0.6) is 0 Å². The third-order valence-corrected chi connectivity index (χ3v) is 3.03. The van der Waals surface area contributed by atoms with Crippen LogP contribution < -0.4 is 11.1 Å². The van der Waals surface area contributed by atoms with Crippen molar-refractivity contribution < 1.29 is 9.59 Å². The summed E-state index contributed by atoms with van der Waals surface area (Å²) in [4.78, 5) is 22.5. The van der Waals surface area contributed by atoms with Gasteiger partial charge in [0.15, 0.2) is 11.6 Å². The van der Waals surface area contributed by atoms with Crippen molar-refractivity contribution >= 4 is 28.6 Å². The molecule has 0 saturated heterocycles. The smallest absolute Gasteiger partial charge is 0.159 e. The Kier molecular flexibility index (Phi) is 3.84. The molecule has 2 aromatic carbocycles. The molecule has 0 saturated carbocycles. The molecule has 0 unspecified atom stereocenters. The monoisotopic (exact) mass is 268 g/mol. The maximum atomic E-state index is 11.3. The van der Waals surface area contributed by atoms with E-state index >= 15 is 0 Å². The Bertz CT molecular complexity index is 661. The summed E-state index contributed by atoms with van der Waals surface area (Å²) in [5, 5.41) is 3.16. The van der Waals surface area contributed by atoms with Crippen LogP contribution in [0.2, 0.25) is 0 Å². The van der Waals surface area contributed by atoms with Gasteiger partial charge in [-0.1, -0.05) is 0 Å². The lowest BCUT2D eigenvalue weighted by Gasteiger charge is -2.10. The van der Waals surface area contributed by atoms with E-state index in [0.29, 0.717) is 16.8 Å². The van der Waals surface area contributed by atoms with Gasteiger partial charge in [0.1, 0.15) is 0 Å². The minimum absolute atomic E-state index is 0.0194. The molecular formula is C16H16N2O2. The van der Waals surface area contributed by atoms with Crippen molar-refractivity contribution in [2.75, 3.05) is 11.1 Å². The highest BCUT2D eigenvalue weighted by molar-refractivity contribution is 5.96. The van der Waals surface area contributed by atoms with Gasteiger partial charge in [-0.15, -0.1) is 0 Å². The number of benzene rings is 2. The molecule has 3 N–H and O–H groups in total. The number of carbonyl (C=O) groups excluding carboxylic acids is 2. The van der Waals surface area contributed by atoms with Gasteiger partial charge in [-0.2, -0.15) is 0 Å².